The molecular formula is C29H25NO3. The van der Waals surface area contributed by atoms with Gasteiger partial charge in [-0.15, -0.1) is 0 Å². The van der Waals surface area contributed by atoms with Crippen molar-refractivity contribution in [2.24, 2.45) is 0 Å². The van der Waals surface area contributed by atoms with E-state index in [9.17, 15) is 9.59 Å². The zero-order valence-corrected chi connectivity index (χ0v) is 18.5. The van der Waals surface area contributed by atoms with Crippen molar-refractivity contribution in [3.63, 3.8) is 0 Å². The Balaban J connectivity index is 1.39. The normalized spacial score (nSPS) is 10.5. The number of hydrogen-bond donors (Lipinski definition) is 1. The zero-order valence-electron chi connectivity index (χ0n) is 18.5. The summed E-state index contributed by atoms with van der Waals surface area (Å²) in [5.74, 6) is -0.233. The average Bonchev–Trinajstić information content (AvgIpc) is 2.85. The topological polar surface area (TPSA) is 55.4 Å². The monoisotopic (exact) mass is 435 g/mol. The highest BCUT2D eigenvalue weighted by atomic mass is 16.5. The van der Waals surface area contributed by atoms with E-state index in [1.807, 2.05) is 67.6 Å². The Morgan fingerprint density at radius 3 is 2.12 bits per heavy atom. The van der Waals surface area contributed by atoms with Gasteiger partial charge < -0.3 is 10.1 Å². The van der Waals surface area contributed by atoms with Crippen LogP contribution in [0.15, 0.2) is 103 Å². The molecule has 0 bridgehead atoms. The first-order valence-electron chi connectivity index (χ1n) is 10.9. The van der Waals surface area contributed by atoms with Crippen molar-refractivity contribution in [3.8, 4) is 5.75 Å². The highest BCUT2D eigenvalue weighted by Gasteiger charge is 2.14. The van der Waals surface area contributed by atoms with Crippen molar-refractivity contribution in [3.05, 3.63) is 131 Å². The Morgan fingerprint density at radius 2 is 1.39 bits per heavy atom. The van der Waals surface area contributed by atoms with Crippen molar-refractivity contribution in [2.75, 3.05) is 5.32 Å². The third kappa shape index (κ3) is 5.95. The van der Waals surface area contributed by atoms with Gasteiger partial charge in [0.15, 0.2) is 0 Å². The van der Waals surface area contributed by atoms with E-state index in [-0.39, 0.29) is 5.91 Å². The number of ether oxygens (including phenoxy) is 1. The minimum absolute atomic E-state index is 0.219. The van der Waals surface area contributed by atoms with Crippen molar-refractivity contribution in [2.45, 2.75) is 19.8 Å². The highest BCUT2D eigenvalue weighted by Crippen LogP contribution is 2.19. The van der Waals surface area contributed by atoms with Crippen LogP contribution in [-0.2, 0) is 12.8 Å². The molecule has 1 N–H and O–H groups in total. The minimum Gasteiger partial charge on any atom is -0.423 e. The Kier molecular flexibility index (Phi) is 6.96. The fourth-order valence-electron chi connectivity index (χ4n) is 3.54. The van der Waals surface area contributed by atoms with E-state index in [0.29, 0.717) is 16.9 Å². The zero-order chi connectivity index (χ0) is 23.0. The lowest BCUT2D eigenvalue weighted by molar-refractivity contribution is 0.0733. The lowest BCUT2D eigenvalue weighted by atomic mass is 10.00. The molecule has 0 aliphatic rings. The third-order valence-corrected chi connectivity index (χ3v) is 5.40. The molecular weight excluding hydrogens is 410 g/mol. The molecule has 4 rings (SSSR count). The van der Waals surface area contributed by atoms with Crippen LogP contribution in [0.2, 0.25) is 0 Å². The molecule has 0 radical (unpaired) electrons. The van der Waals surface area contributed by atoms with Gasteiger partial charge in [0.05, 0.1) is 5.56 Å². The molecule has 4 aromatic carbocycles. The highest BCUT2D eigenvalue weighted by molar-refractivity contribution is 6.04. The summed E-state index contributed by atoms with van der Waals surface area (Å²) in [5.41, 5.74) is 5.06. The van der Waals surface area contributed by atoms with E-state index in [1.54, 1.807) is 30.3 Å². The largest absolute Gasteiger partial charge is 0.423 e. The van der Waals surface area contributed by atoms with Crippen LogP contribution in [0.3, 0.4) is 0 Å². The molecule has 164 valence electrons. The van der Waals surface area contributed by atoms with E-state index >= 15 is 0 Å². The molecule has 4 heteroatoms. The van der Waals surface area contributed by atoms with E-state index < -0.39 is 5.97 Å². The van der Waals surface area contributed by atoms with Crippen LogP contribution in [0, 0.1) is 6.92 Å². The number of anilines is 1. The number of benzene rings is 4. The molecule has 33 heavy (non-hydrogen) atoms. The van der Waals surface area contributed by atoms with Gasteiger partial charge in [0.2, 0.25) is 0 Å². The second-order valence-corrected chi connectivity index (χ2v) is 7.88. The molecule has 0 saturated carbocycles. The van der Waals surface area contributed by atoms with Gasteiger partial charge >= 0.3 is 5.97 Å². The molecule has 0 spiro atoms. The van der Waals surface area contributed by atoms with Gasteiger partial charge in [0, 0.05) is 11.3 Å². The second kappa shape index (κ2) is 10.4. The van der Waals surface area contributed by atoms with E-state index in [1.165, 1.54) is 5.56 Å². The predicted octanol–water partition coefficient (Wildman–Crippen LogP) is 6.25. The molecule has 4 nitrogen and oxygen atoms in total. The summed E-state index contributed by atoms with van der Waals surface area (Å²) in [6.07, 6.45) is 1.59. The van der Waals surface area contributed by atoms with Crippen molar-refractivity contribution >= 4 is 17.6 Å². The lowest BCUT2D eigenvalue weighted by Crippen LogP contribution is -2.13. The maximum Gasteiger partial charge on any atom is 0.343 e. The summed E-state index contributed by atoms with van der Waals surface area (Å²) in [4.78, 5) is 25.3. The molecule has 0 aliphatic heterocycles. The Hall–Kier alpha value is -4.18. The van der Waals surface area contributed by atoms with Crippen LogP contribution < -0.4 is 10.1 Å². The minimum atomic E-state index is -0.407. The average molecular weight is 436 g/mol. The number of hydrogen-bond acceptors (Lipinski definition) is 3. The summed E-state index contributed by atoms with van der Waals surface area (Å²) in [7, 11) is 0. The molecule has 0 heterocycles. The van der Waals surface area contributed by atoms with Crippen LogP contribution >= 0.6 is 0 Å². The maximum atomic E-state index is 12.8. The summed E-state index contributed by atoms with van der Waals surface area (Å²) >= 11 is 0. The number of nitrogens with one attached hydrogen (secondary N) is 1. The predicted molar refractivity (Wildman–Crippen MR) is 131 cm³/mol. The summed E-state index contributed by atoms with van der Waals surface area (Å²) in [6, 6.07) is 31.8. The molecule has 0 unspecified atom stereocenters. The van der Waals surface area contributed by atoms with Gasteiger partial charge in [-0.1, -0.05) is 66.2 Å². The standard InChI is InChI=1S/C29H25NO3/c1-21-11-17-25(18-12-21)30-28(31)24-15-19-26(20-16-24)33-29(32)27-10-6-5-9-23(27)14-13-22-7-3-2-4-8-22/h2-12,15-20H,13-14H2,1H3,(H,30,31). The number of esters is 1. The van der Waals surface area contributed by atoms with Crippen molar-refractivity contribution in [1.82, 2.24) is 0 Å². The van der Waals surface area contributed by atoms with Crippen LogP contribution in [-0.4, -0.2) is 11.9 Å². The maximum absolute atomic E-state index is 12.8. The van der Waals surface area contributed by atoms with E-state index in [2.05, 4.69) is 17.4 Å². The van der Waals surface area contributed by atoms with Crippen LogP contribution in [0.25, 0.3) is 0 Å². The first-order chi connectivity index (χ1) is 16.1. The van der Waals surface area contributed by atoms with Crippen LogP contribution in [0.4, 0.5) is 5.69 Å². The van der Waals surface area contributed by atoms with E-state index in [4.69, 9.17) is 4.74 Å². The van der Waals surface area contributed by atoms with Gasteiger partial charge in [-0.2, -0.15) is 0 Å². The first-order valence-corrected chi connectivity index (χ1v) is 10.9. The fraction of sp³-hybridized carbons (Fsp3) is 0.103. The van der Waals surface area contributed by atoms with Crippen LogP contribution in [0.5, 0.6) is 5.75 Å². The molecule has 4 aromatic rings. The fourth-order valence-corrected chi connectivity index (χ4v) is 3.54. The number of aryl methyl sites for hydroxylation is 3. The van der Waals surface area contributed by atoms with Crippen molar-refractivity contribution < 1.29 is 14.3 Å². The van der Waals surface area contributed by atoms with Gasteiger partial charge in [-0.25, -0.2) is 4.79 Å². The smallest absolute Gasteiger partial charge is 0.343 e. The quantitative estimate of drug-likeness (QED) is 0.276. The Labute approximate surface area is 193 Å². The number of rotatable bonds is 7. The van der Waals surface area contributed by atoms with Gasteiger partial charge in [0.1, 0.15) is 5.75 Å². The molecule has 1 amide bonds. The SMILES string of the molecule is Cc1ccc(NC(=O)c2ccc(OC(=O)c3ccccc3CCc3ccccc3)cc2)cc1. The summed E-state index contributed by atoms with van der Waals surface area (Å²) in [6.45, 7) is 1.99. The molecule has 0 aromatic heterocycles. The second-order valence-electron chi connectivity index (χ2n) is 7.88. The number of amides is 1. The molecule has 0 fully saturated rings. The lowest BCUT2D eigenvalue weighted by Gasteiger charge is -2.10. The Bertz CT molecular complexity index is 1230. The van der Waals surface area contributed by atoms with Gasteiger partial charge in [0.25, 0.3) is 5.91 Å². The van der Waals surface area contributed by atoms with Crippen LogP contribution in [0.1, 0.15) is 37.4 Å². The molecule has 0 atom stereocenters. The van der Waals surface area contributed by atoms with Crippen molar-refractivity contribution in [1.29, 1.82) is 0 Å². The molecule has 0 aliphatic carbocycles. The Morgan fingerprint density at radius 1 is 0.727 bits per heavy atom. The number of carbonyl (C=O) groups excluding carboxylic acids is 2. The third-order valence-electron chi connectivity index (χ3n) is 5.40. The van der Waals surface area contributed by atoms with Gasteiger partial charge in [-0.05, 0) is 73.4 Å². The summed E-state index contributed by atoms with van der Waals surface area (Å²) < 4.78 is 5.59. The number of carbonyl (C=O) groups is 2. The molecule has 0 saturated heterocycles. The van der Waals surface area contributed by atoms with E-state index in [0.717, 1.165) is 29.7 Å². The van der Waals surface area contributed by atoms with Gasteiger partial charge in [-0.3, -0.25) is 4.79 Å². The summed E-state index contributed by atoms with van der Waals surface area (Å²) in [5, 5.41) is 2.86. The first kappa shape index (κ1) is 22.0.